The van der Waals surface area contributed by atoms with E-state index in [0.29, 0.717) is 10.7 Å². The van der Waals surface area contributed by atoms with Crippen molar-refractivity contribution >= 4 is 27.3 Å². The summed E-state index contributed by atoms with van der Waals surface area (Å²) in [4.78, 5) is -0.0116. The first-order valence-corrected chi connectivity index (χ1v) is 6.91. The molecule has 0 amide bonds. The Morgan fingerprint density at radius 2 is 1.78 bits per heavy atom. The molecule has 0 aliphatic rings. The maximum absolute atomic E-state index is 12.0. The summed E-state index contributed by atoms with van der Waals surface area (Å²) in [5.41, 5.74) is 0.367. The van der Waals surface area contributed by atoms with Crippen LogP contribution < -0.4 is 4.72 Å². The number of sulfonamides is 1. The van der Waals surface area contributed by atoms with E-state index in [0.717, 1.165) is 0 Å². The van der Waals surface area contributed by atoms with Crippen molar-refractivity contribution in [2.45, 2.75) is 4.90 Å². The monoisotopic (exact) mass is 283 g/mol. The SMILES string of the molecule is O=S(=O)(Nc1cccc(Cl)c1)c1cccc(O)c1. The van der Waals surface area contributed by atoms with Crippen LogP contribution in [-0.4, -0.2) is 13.5 Å². The molecule has 0 unspecified atom stereocenters. The van der Waals surface area contributed by atoms with Crippen LogP contribution >= 0.6 is 11.6 Å². The molecular formula is C12H10ClNO3S. The third kappa shape index (κ3) is 2.94. The van der Waals surface area contributed by atoms with Crippen LogP contribution in [0.25, 0.3) is 0 Å². The molecule has 0 bridgehead atoms. The van der Waals surface area contributed by atoms with Crippen molar-refractivity contribution in [3.05, 3.63) is 53.6 Å². The minimum absolute atomic E-state index is 0.0116. The van der Waals surface area contributed by atoms with Gasteiger partial charge in [-0.1, -0.05) is 23.7 Å². The zero-order chi connectivity index (χ0) is 13.2. The number of anilines is 1. The van der Waals surface area contributed by atoms with Gasteiger partial charge in [0, 0.05) is 11.1 Å². The van der Waals surface area contributed by atoms with Crippen LogP contribution in [0.3, 0.4) is 0 Å². The number of hydrogen-bond donors (Lipinski definition) is 2. The lowest BCUT2D eigenvalue weighted by atomic mass is 10.3. The number of benzene rings is 2. The van der Waals surface area contributed by atoms with E-state index in [1.807, 2.05) is 0 Å². The Labute approximate surface area is 110 Å². The van der Waals surface area contributed by atoms with Gasteiger partial charge in [0.1, 0.15) is 5.75 Å². The van der Waals surface area contributed by atoms with Crippen LogP contribution in [-0.2, 0) is 10.0 Å². The molecule has 2 aromatic carbocycles. The number of halogens is 1. The molecule has 0 aliphatic carbocycles. The zero-order valence-corrected chi connectivity index (χ0v) is 10.7. The molecule has 0 saturated heterocycles. The van der Waals surface area contributed by atoms with Crippen molar-refractivity contribution in [2.75, 3.05) is 4.72 Å². The summed E-state index contributed by atoms with van der Waals surface area (Å²) >= 11 is 5.77. The quantitative estimate of drug-likeness (QED) is 0.910. The number of hydrogen-bond acceptors (Lipinski definition) is 3. The predicted octanol–water partition coefficient (Wildman–Crippen LogP) is 2.85. The Balaban J connectivity index is 2.33. The highest BCUT2D eigenvalue weighted by Gasteiger charge is 2.14. The minimum atomic E-state index is -3.72. The third-order valence-corrected chi connectivity index (χ3v) is 3.82. The van der Waals surface area contributed by atoms with Gasteiger partial charge in [-0.3, -0.25) is 4.72 Å². The molecule has 94 valence electrons. The van der Waals surface area contributed by atoms with E-state index in [4.69, 9.17) is 11.6 Å². The summed E-state index contributed by atoms with van der Waals surface area (Å²) in [6.07, 6.45) is 0. The molecule has 0 heterocycles. The van der Waals surface area contributed by atoms with Gasteiger partial charge < -0.3 is 5.11 Å². The molecule has 0 aliphatic heterocycles. The lowest BCUT2D eigenvalue weighted by Crippen LogP contribution is -2.12. The van der Waals surface area contributed by atoms with Gasteiger partial charge in [-0.05, 0) is 30.3 Å². The molecule has 2 rings (SSSR count). The molecule has 18 heavy (non-hydrogen) atoms. The zero-order valence-electron chi connectivity index (χ0n) is 9.17. The van der Waals surface area contributed by atoms with E-state index in [1.54, 1.807) is 18.2 Å². The van der Waals surface area contributed by atoms with Gasteiger partial charge in [-0.2, -0.15) is 0 Å². The topological polar surface area (TPSA) is 66.4 Å². The van der Waals surface area contributed by atoms with Crippen molar-refractivity contribution < 1.29 is 13.5 Å². The fourth-order valence-electron chi connectivity index (χ4n) is 1.42. The van der Waals surface area contributed by atoms with Crippen LogP contribution in [0.4, 0.5) is 5.69 Å². The smallest absolute Gasteiger partial charge is 0.262 e. The summed E-state index contributed by atoms with van der Waals surface area (Å²) in [6, 6.07) is 11.8. The van der Waals surface area contributed by atoms with Gasteiger partial charge >= 0.3 is 0 Å². The second-order valence-electron chi connectivity index (χ2n) is 3.61. The van der Waals surface area contributed by atoms with Crippen LogP contribution in [0.5, 0.6) is 5.75 Å². The number of phenolic OH excluding ortho intramolecular Hbond substituents is 1. The molecule has 0 fully saturated rings. The normalized spacial score (nSPS) is 11.2. The molecule has 0 radical (unpaired) electrons. The minimum Gasteiger partial charge on any atom is -0.508 e. The first-order valence-electron chi connectivity index (χ1n) is 5.05. The number of phenols is 1. The molecule has 0 atom stereocenters. The van der Waals surface area contributed by atoms with E-state index < -0.39 is 10.0 Å². The Kier molecular flexibility index (Phi) is 3.45. The Bertz CT molecular complexity index is 671. The lowest BCUT2D eigenvalue weighted by Gasteiger charge is -2.08. The number of nitrogens with one attached hydrogen (secondary N) is 1. The number of rotatable bonds is 3. The van der Waals surface area contributed by atoms with Crippen molar-refractivity contribution in [1.29, 1.82) is 0 Å². The van der Waals surface area contributed by atoms with Gasteiger partial charge in [-0.15, -0.1) is 0 Å². The van der Waals surface area contributed by atoms with E-state index >= 15 is 0 Å². The predicted molar refractivity (Wildman–Crippen MR) is 70.4 cm³/mol. The maximum Gasteiger partial charge on any atom is 0.262 e. The van der Waals surface area contributed by atoms with E-state index in [9.17, 15) is 13.5 Å². The molecule has 4 nitrogen and oxygen atoms in total. The lowest BCUT2D eigenvalue weighted by molar-refractivity contribution is 0.473. The molecular weight excluding hydrogens is 274 g/mol. The highest BCUT2D eigenvalue weighted by Crippen LogP contribution is 2.21. The molecule has 0 saturated carbocycles. The van der Waals surface area contributed by atoms with E-state index in [2.05, 4.69) is 4.72 Å². The van der Waals surface area contributed by atoms with Crippen LogP contribution in [0.15, 0.2) is 53.4 Å². The van der Waals surface area contributed by atoms with Crippen LogP contribution in [0, 0.1) is 0 Å². The Morgan fingerprint density at radius 3 is 2.44 bits per heavy atom. The van der Waals surface area contributed by atoms with Crippen molar-refractivity contribution in [2.24, 2.45) is 0 Å². The van der Waals surface area contributed by atoms with Crippen LogP contribution in [0.2, 0.25) is 5.02 Å². The first kappa shape index (κ1) is 12.7. The summed E-state index contributed by atoms with van der Waals surface area (Å²) < 4.78 is 26.4. The summed E-state index contributed by atoms with van der Waals surface area (Å²) in [5, 5.41) is 9.71. The Hall–Kier alpha value is -1.72. The summed E-state index contributed by atoms with van der Waals surface area (Å²) in [6.45, 7) is 0. The average Bonchev–Trinajstić information content (AvgIpc) is 2.28. The highest BCUT2D eigenvalue weighted by molar-refractivity contribution is 7.92. The van der Waals surface area contributed by atoms with Gasteiger partial charge in [0.2, 0.25) is 0 Å². The van der Waals surface area contributed by atoms with E-state index in [-0.39, 0.29) is 10.6 Å². The fraction of sp³-hybridized carbons (Fsp3) is 0. The van der Waals surface area contributed by atoms with Gasteiger partial charge in [0.25, 0.3) is 10.0 Å². The molecule has 2 aromatic rings. The molecule has 2 N–H and O–H groups in total. The van der Waals surface area contributed by atoms with Gasteiger partial charge in [-0.25, -0.2) is 8.42 Å². The first-order chi connectivity index (χ1) is 8.47. The van der Waals surface area contributed by atoms with Crippen molar-refractivity contribution in [3.63, 3.8) is 0 Å². The summed E-state index contributed by atoms with van der Waals surface area (Å²) in [7, 11) is -3.72. The summed E-state index contributed by atoms with van der Waals surface area (Å²) in [5.74, 6) is -0.107. The van der Waals surface area contributed by atoms with Gasteiger partial charge in [0.05, 0.1) is 10.6 Å². The van der Waals surface area contributed by atoms with Crippen molar-refractivity contribution in [1.82, 2.24) is 0 Å². The Morgan fingerprint density at radius 1 is 1.06 bits per heavy atom. The second kappa shape index (κ2) is 4.88. The largest absolute Gasteiger partial charge is 0.508 e. The average molecular weight is 284 g/mol. The maximum atomic E-state index is 12.0. The molecule has 0 aromatic heterocycles. The second-order valence-corrected chi connectivity index (χ2v) is 5.73. The molecule has 6 heteroatoms. The third-order valence-electron chi connectivity index (χ3n) is 2.20. The molecule has 0 spiro atoms. The van der Waals surface area contributed by atoms with Crippen LogP contribution in [0.1, 0.15) is 0 Å². The fourth-order valence-corrected chi connectivity index (χ4v) is 2.70. The van der Waals surface area contributed by atoms with Gasteiger partial charge in [0.15, 0.2) is 0 Å². The standard InChI is InChI=1S/C12H10ClNO3S/c13-9-3-1-4-10(7-9)14-18(16,17)12-6-2-5-11(15)8-12/h1-8,14-15H. The highest BCUT2D eigenvalue weighted by atomic mass is 35.5. The number of aromatic hydroxyl groups is 1. The van der Waals surface area contributed by atoms with Crippen molar-refractivity contribution in [3.8, 4) is 5.75 Å². The van der Waals surface area contributed by atoms with E-state index in [1.165, 1.54) is 30.3 Å².